The summed E-state index contributed by atoms with van der Waals surface area (Å²) in [6.07, 6.45) is 1.03. The highest BCUT2D eigenvalue weighted by atomic mass is 31.2. The molecule has 0 bridgehead atoms. The van der Waals surface area contributed by atoms with Gasteiger partial charge in [-0.2, -0.15) is 0 Å². The Hall–Kier alpha value is -2.76. The van der Waals surface area contributed by atoms with Crippen molar-refractivity contribution in [1.82, 2.24) is 0 Å². The van der Waals surface area contributed by atoms with Crippen LogP contribution in [0.5, 0.6) is 0 Å². The molecular weight excluding hydrogens is 350 g/mol. The van der Waals surface area contributed by atoms with E-state index in [-0.39, 0.29) is 4.70 Å². The van der Waals surface area contributed by atoms with Crippen LogP contribution in [0.4, 0.5) is 0 Å². The van der Waals surface area contributed by atoms with Crippen LogP contribution in [0.25, 0.3) is 0 Å². The Bertz CT molecular complexity index is 842. The lowest BCUT2D eigenvalue weighted by molar-refractivity contribution is -0.00000503. The molecule has 0 N–H and O–H groups in total. The van der Waals surface area contributed by atoms with Gasteiger partial charge in [0.05, 0.1) is 6.16 Å². The summed E-state index contributed by atoms with van der Waals surface area (Å²) < 4.78 is 0. The number of hydrogen-bond acceptors (Lipinski definition) is 0. The molecule has 0 fully saturated rings. The fraction of sp³-hybridized carbons (Fsp3) is 0.0400. The molecule has 2 heteroatoms. The van der Waals surface area contributed by atoms with Crippen LogP contribution in [0.15, 0.2) is 121 Å². The van der Waals surface area contributed by atoms with Crippen molar-refractivity contribution < 1.29 is 4.70 Å². The molecule has 0 heterocycles. The highest BCUT2D eigenvalue weighted by molar-refractivity contribution is 7.95. The van der Waals surface area contributed by atoms with Crippen LogP contribution < -0.4 is 20.6 Å². The topological polar surface area (TPSA) is 0 Å². The van der Waals surface area contributed by atoms with E-state index in [0.29, 0.717) is 0 Å². The zero-order chi connectivity index (χ0) is 17.7. The second-order valence-corrected chi connectivity index (χ2v) is 9.95. The van der Waals surface area contributed by atoms with Crippen molar-refractivity contribution in [2.45, 2.75) is 6.16 Å². The van der Waals surface area contributed by atoms with Gasteiger partial charge in [0.1, 0.15) is 23.2 Å². The molecule has 0 nitrogen and oxygen atoms in total. The summed E-state index contributed by atoms with van der Waals surface area (Å²) in [5.74, 6) is 0. The Morgan fingerprint density at radius 2 is 0.704 bits per heavy atom. The van der Waals surface area contributed by atoms with Crippen LogP contribution in [-0.2, 0) is 6.16 Å². The van der Waals surface area contributed by atoms with E-state index < -0.39 is 7.26 Å². The van der Waals surface area contributed by atoms with E-state index >= 15 is 0 Å². The Kier molecular flexibility index (Phi) is 6.16. The van der Waals surface area contributed by atoms with Crippen molar-refractivity contribution in [1.29, 1.82) is 0 Å². The van der Waals surface area contributed by atoms with Gasteiger partial charge >= 0.3 is 0 Å². The third-order valence-corrected chi connectivity index (χ3v) is 9.23. The van der Waals surface area contributed by atoms with Gasteiger partial charge in [0, 0.05) is 0 Å². The number of benzene rings is 4. The Balaban J connectivity index is 0.00000210. The SMILES string of the molecule is [F-].c1ccc(C[P+](c2ccccc2)(c2ccccc2)c2ccccc2)cc1. The summed E-state index contributed by atoms with van der Waals surface area (Å²) in [4.78, 5) is 0. The van der Waals surface area contributed by atoms with Gasteiger partial charge in [-0.1, -0.05) is 84.9 Å². The zero-order valence-corrected chi connectivity index (χ0v) is 16.0. The van der Waals surface area contributed by atoms with Gasteiger partial charge in [-0.25, -0.2) is 0 Å². The zero-order valence-electron chi connectivity index (χ0n) is 15.1. The number of halogens is 1. The summed E-state index contributed by atoms with van der Waals surface area (Å²) in [6, 6.07) is 44.0. The standard InChI is InChI=1S/C25H22P.FH/c1-5-13-22(14-6-1)21-26(23-15-7-2-8-16-23,24-17-9-3-10-18-24)25-19-11-4-12-20-25;/h1-20H,21H2;1H/q+1;/p-1. The van der Waals surface area contributed by atoms with E-state index in [1.165, 1.54) is 21.5 Å². The van der Waals surface area contributed by atoms with Crippen molar-refractivity contribution in [3.8, 4) is 0 Å². The van der Waals surface area contributed by atoms with Crippen molar-refractivity contribution in [3.63, 3.8) is 0 Å². The molecule has 0 aliphatic rings. The largest absolute Gasteiger partial charge is 1.00 e. The second kappa shape index (κ2) is 8.75. The van der Waals surface area contributed by atoms with E-state index in [9.17, 15) is 0 Å². The average Bonchev–Trinajstić information content (AvgIpc) is 2.75. The van der Waals surface area contributed by atoms with Crippen molar-refractivity contribution in [2.24, 2.45) is 0 Å². The van der Waals surface area contributed by atoms with Gasteiger partial charge in [-0.05, 0) is 42.0 Å². The van der Waals surface area contributed by atoms with E-state index in [1.54, 1.807) is 0 Å². The normalized spacial score (nSPS) is 10.8. The molecule has 0 unspecified atom stereocenters. The maximum Gasteiger partial charge on any atom is 0.116 e. The van der Waals surface area contributed by atoms with E-state index in [2.05, 4.69) is 121 Å². The van der Waals surface area contributed by atoms with Gasteiger partial charge in [-0.15, -0.1) is 0 Å². The lowest BCUT2D eigenvalue weighted by Gasteiger charge is -2.27. The molecular formula is C25H22FP. The molecule has 0 spiro atoms. The Morgan fingerprint density at radius 3 is 1.04 bits per heavy atom. The number of hydrogen-bond donors (Lipinski definition) is 0. The molecule has 0 aromatic heterocycles. The summed E-state index contributed by atoms with van der Waals surface area (Å²) in [7, 11) is -1.78. The molecule has 0 saturated heterocycles. The van der Waals surface area contributed by atoms with E-state index in [4.69, 9.17) is 0 Å². The first-order chi connectivity index (χ1) is 12.9. The fourth-order valence-electron chi connectivity index (χ4n) is 3.63. The summed E-state index contributed by atoms with van der Waals surface area (Å²) in [6.45, 7) is 0. The molecule has 4 aromatic carbocycles. The minimum Gasteiger partial charge on any atom is -1.00 e. The van der Waals surface area contributed by atoms with Crippen LogP contribution in [0.3, 0.4) is 0 Å². The molecule has 0 radical (unpaired) electrons. The van der Waals surface area contributed by atoms with Crippen molar-refractivity contribution in [3.05, 3.63) is 127 Å². The van der Waals surface area contributed by atoms with Gasteiger partial charge in [0.15, 0.2) is 0 Å². The van der Waals surface area contributed by atoms with Gasteiger partial charge in [0.25, 0.3) is 0 Å². The minimum atomic E-state index is -1.78. The van der Waals surface area contributed by atoms with Crippen LogP contribution >= 0.6 is 7.26 Å². The molecule has 0 saturated carbocycles. The molecule has 27 heavy (non-hydrogen) atoms. The Morgan fingerprint density at radius 1 is 0.407 bits per heavy atom. The van der Waals surface area contributed by atoms with Gasteiger partial charge < -0.3 is 4.70 Å². The fourth-order valence-corrected chi connectivity index (χ4v) is 7.87. The highest BCUT2D eigenvalue weighted by Crippen LogP contribution is 2.58. The maximum atomic E-state index is 2.30. The smallest absolute Gasteiger partial charge is 0.116 e. The highest BCUT2D eigenvalue weighted by Gasteiger charge is 2.45. The summed E-state index contributed by atoms with van der Waals surface area (Å²) >= 11 is 0. The molecule has 134 valence electrons. The van der Waals surface area contributed by atoms with E-state index in [0.717, 1.165) is 6.16 Å². The molecule has 4 aromatic rings. The lowest BCUT2D eigenvalue weighted by atomic mass is 10.2. The van der Waals surface area contributed by atoms with Crippen LogP contribution in [-0.4, -0.2) is 0 Å². The van der Waals surface area contributed by atoms with Crippen LogP contribution in [0.1, 0.15) is 5.56 Å². The molecule has 0 aliphatic carbocycles. The van der Waals surface area contributed by atoms with Crippen LogP contribution in [0, 0.1) is 0 Å². The predicted octanol–water partition coefficient (Wildman–Crippen LogP) is 2.18. The van der Waals surface area contributed by atoms with Crippen LogP contribution in [0.2, 0.25) is 0 Å². The maximum absolute atomic E-state index is 2.30. The molecule has 0 atom stereocenters. The van der Waals surface area contributed by atoms with Crippen molar-refractivity contribution in [2.75, 3.05) is 0 Å². The average molecular weight is 372 g/mol. The monoisotopic (exact) mass is 372 g/mol. The first-order valence-corrected chi connectivity index (χ1v) is 11.0. The van der Waals surface area contributed by atoms with Crippen molar-refractivity contribution >= 4 is 23.2 Å². The molecule has 4 rings (SSSR count). The third-order valence-electron chi connectivity index (χ3n) is 4.85. The Labute approximate surface area is 161 Å². The minimum absolute atomic E-state index is 0. The summed E-state index contributed by atoms with van der Waals surface area (Å²) in [5.41, 5.74) is 1.39. The number of rotatable bonds is 5. The first kappa shape index (κ1) is 19.0. The lowest BCUT2D eigenvalue weighted by Crippen LogP contribution is -3.00. The molecule has 0 aliphatic heterocycles. The molecule has 0 amide bonds. The van der Waals surface area contributed by atoms with Gasteiger partial charge in [-0.3, -0.25) is 0 Å². The predicted molar refractivity (Wildman–Crippen MR) is 115 cm³/mol. The summed E-state index contributed by atoms with van der Waals surface area (Å²) in [5, 5.41) is 4.30. The second-order valence-electron chi connectivity index (χ2n) is 6.46. The van der Waals surface area contributed by atoms with Gasteiger partial charge in [0.2, 0.25) is 0 Å². The van der Waals surface area contributed by atoms with E-state index in [1.807, 2.05) is 0 Å². The first-order valence-electron chi connectivity index (χ1n) is 8.98. The quantitative estimate of drug-likeness (QED) is 0.471. The third kappa shape index (κ3) is 3.84.